The van der Waals surface area contributed by atoms with E-state index in [0.717, 1.165) is 11.1 Å². The van der Waals surface area contributed by atoms with Crippen molar-refractivity contribution in [3.05, 3.63) is 34.9 Å². The van der Waals surface area contributed by atoms with Crippen LogP contribution in [0.15, 0.2) is 18.2 Å². The lowest BCUT2D eigenvalue weighted by Crippen LogP contribution is -1.82. The highest BCUT2D eigenvalue weighted by Gasteiger charge is 1.93. The molecule has 0 aromatic heterocycles. The van der Waals surface area contributed by atoms with Crippen LogP contribution in [-0.2, 0) is 0 Å². The van der Waals surface area contributed by atoms with Gasteiger partial charge in [0.1, 0.15) is 0 Å². The Labute approximate surface area is 103 Å². The third-order valence-electron chi connectivity index (χ3n) is 2.03. The lowest BCUT2D eigenvalue weighted by atomic mass is 10.1. The molecule has 0 aliphatic heterocycles. The molecule has 0 fully saturated rings. The summed E-state index contributed by atoms with van der Waals surface area (Å²) in [5.74, 6) is 21.6. The zero-order valence-corrected chi connectivity index (χ0v) is 10.2. The molecule has 0 saturated carbocycles. The van der Waals surface area contributed by atoms with Gasteiger partial charge in [-0.2, -0.15) is 0 Å². The molecule has 0 aliphatic carbocycles. The molecule has 0 amide bonds. The highest BCUT2D eigenvalue weighted by atomic mass is 14.0. The first kappa shape index (κ1) is 12.5. The number of benzene rings is 1. The molecule has 0 heteroatoms. The summed E-state index contributed by atoms with van der Waals surface area (Å²) in [7, 11) is 0. The first-order valence-corrected chi connectivity index (χ1v) is 5.24. The van der Waals surface area contributed by atoms with E-state index in [0.29, 0.717) is 0 Å². The number of rotatable bonds is 0. The molecule has 0 saturated heterocycles. The Bertz CT molecular complexity index is 645. The summed E-state index contributed by atoms with van der Waals surface area (Å²) in [6, 6.07) is 6.18. The zero-order chi connectivity index (χ0) is 12.5. The first-order valence-electron chi connectivity index (χ1n) is 5.24. The van der Waals surface area contributed by atoms with E-state index in [-0.39, 0.29) is 0 Å². The van der Waals surface area contributed by atoms with Crippen LogP contribution in [0.3, 0.4) is 0 Å². The smallest absolute Gasteiger partial charge is 0.0287 e. The molecule has 0 unspecified atom stereocenters. The van der Waals surface area contributed by atoms with Crippen molar-refractivity contribution in [3.8, 4) is 47.4 Å². The van der Waals surface area contributed by atoms with Crippen molar-refractivity contribution < 1.29 is 0 Å². The molecular weight excluding hydrogens is 204 g/mol. The normalized spacial score (nSPS) is 7.00. The Kier molecular flexibility index (Phi) is 5.05. The average molecular weight is 216 g/mol. The lowest BCUT2D eigenvalue weighted by molar-refractivity contribution is 1.37. The molecule has 1 aromatic rings. The first-order chi connectivity index (χ1) is 8.24. The van der Waals surface area contributed by atoms with Gasteiger partial charge in [-0.1, -0.05) is 24.0 Å². The molecular formula is C17H12. The predicted molar refractivity (Wildman–Crippen MR) is 71.8 cm³/mol. The lowest BCUT2D eigenvalue weighted by Gasteiger charge is -1.97. The molecule has 0 atom stereocenters. The molecule has 0 radical (unpaired) electrons. The molecule has 1 aromatic carbocycles. The minimum absolute atomic E-state index is 1.01. The van der Waals surface area contributed by atoms with Crippen LogP contribution in [0.25, 0.3) is 0 Å². The largest absolute Gasteiger partial charge is 0.0925 e. The van der Waals surface area contributed by atoms with Crippen molar-refractivity contribution in [1.29, 1.82) is 0 Å². The van der Waals surface area contributed by atoms with Crippen LogP contribution >= 0.6 is 0 Å². The van der Waals surface area contributed by atoms with Gasteiger partial charge in [0.05, 0.1) is 0 Å². The Morgan fingerprint density at radius 1 is 0.824 bits per heavy atom. The van der Waals surface area contributed by atoms with Gasteiger partial charge >= 0.3 is 0 Å². The quantitative estimate of drug-likeness (QED) is 0.585. The van der Waals surface area contributed by atoms with E-state index in [1.54, 1.807) is 6.92 Å². The van der Waals surface area contributed by atoms with Crippen LogP contribution in [0.2, 0.25) is 0 Å². The molecule has 0 spiro atoms. The SMILES string of the molecule is CC#CC#CC#CC#Cc1cc(C)ccc1C. The standard InChI is InChI=1S/C17H12/c1-4-5-6-7-8-9-10-11-17-14-15(2)12-13-16(17)3/h12-14H,1-3H3. The van der Waals surface area contributed by atoms with E-state index >= 15 is 0 Å². The van der Waals surface area contributed by atoms with Crippen molar-refractivity contribution in [1.82, 2.24) is 0 Å². The predicted octanol–water partition coefficient (Wildman–Crippen LogP) is 2.69. The van der Waals surface area contributed by atoms with Crippen LogP contribution in [0.5, 0.6) is 0 Å². The zero-order valence-electron chi connectivity index (χ0n) is 10.2. The van der Waals surface area contributed by atoms with Gasteiger partial charge in [0.2, 0.25) is 0 Å². The van der Waals surface area contributed by atoms with Crippen molar-refractivity contribution >= 4 is 0 Å². The minimum atomic E-state index is 1.01. The van der Waals surface area contributed by atoms with Crippen LogP contribution in [0.4, 0.5) is 0 Å². The Morgan fingerprint density at radius 3 is 2.18 bits per heavy atom. The van der Waals surface area contributed by atoms with Crippen LogP contribution in [0, 0.1) is 61.2 Å². The molecule has 0 heterocycles. The summed E-state index contributed by atoms with van der Waals surface area (Å²) in [6.07, 6.45) is 0. The van der Waals surface area contributed by atoms with E-state index < -0.39 is 0 Å². The van der Waals surface area contributed by atoms with Gasteiger partial charge in [-0.15, -0.1) is 0 Å². The maximum atomic E-state index is 3.02. The van der Waals surface area contributed by atoms with E-state index in [1.807, 2.05) is 13.8 Å². The Balaban J connectivity index is 2.82. The fraction of sp³-hybridized carbons (Fsp3) is 0.176. The summed E-state index contributed by atoms with van der Waals surface area (Å²) < 4.78 is 0. The van der Waals surface area contributed by atoms with E-state index in [2.05, 4.69) is 65.6 Å². The van der Waals surface area contributed by atoms with Gasteiger partial charge in [0, 0.05) is 5.56 Å². The van der Waals surface area contributed by atoms with Gasteiger partial charge in [-0.05, 0) is 73.5 Å². The summed E-state index contributed by atoms with van der Waals surface area (Å²) in [4.78, 5) is 0. The number of aryl methyl sites for hydroxylation is 2. The molecule has 0 aliphatic rings. The molecule has 1 rings (SSSR count). The van der Waals surface area contributed by atoms with Crippen LogP contribution in [0.1, 0.15) is 23.6 Å². The minimum Gasteiger partial charge on any atom is -0.0925 e. The van der Waals surface area contributed by atoms with Crippen molar-refractivity contribution in [2.45, 2.75) is 20.8 Å². The van der Waals surface area contributed by atoms with Gasteiger partial charge in [0.25, 0.3) is 0 Å². The number of hydrogen-bond acceptors (Lipinski definition) is 0. The summed E-state index contributed by atoms with van der Waals surface area (Å²) in [5, 5.41) is 0. The van der Waals surface area contributed by atoms with E-state index in [4.69, 9.17) is 0 Å². The second-order valence-corrected chi connectivity index (χ2v) is 3.44. The van der Waals surface area contributed by atoms with Gasteiger partial charge in [-0.25, -0.2) is 0 Å². The highest BCUT2D eigenvalue weighted by molar-refractivity contribution is 5.47. The Morgan fingerprint density at radius 2 is 1.47 bits per heavy atom. The van der Waals surface area contributed by atoms with Crippen LogP contribution < -0.4 is 0 Å². The van der Waals surface area contributed by atoms with Crippen LogP contribution in [-0.4, -0.2) is 0 Å². The number of hydrogen-bond donors (Lipinski definition) is 0. The molecule has 0 nitrogen and oxygen atoms in total. The van der Waals surface area contributed by atoms with Gasteiger partial charge < -0.3 is 0 Å². The van der Waals surface area contributed by atoms with E-state index in [9.17, 15) is 0 Å². The molecule has 80 valence electrons. The average Bonchev–Trinajstić information content (AvgIpc) is 2.32. The van der Waals surface area contributed by atoms with E-state index in [1.165, 1.54) is 5.56 Å². The molecule has 0 bridgehead atoms. The van der Waals surface area contributed by atoms with Crippen molar-refractivity contribution in [2.24, 2.45) is 0 Å². The molecule has 17 heavy (non-hydrogen) atoms. The monoisotopic (exact) mass is 216 g/mol. The third-order valence-corrected chi connectivity index (χ3v) is 2.03. The maximum Gasteiger partial charge on any atom is 0.0287 e. The van der Waals surface area contributed by atoms with Crippen molar-refractivity contribution in [3.63, 3.8) is 0 Å². The maximum absolute atomic E-state index is 3.02. The second-order valence-electron chi connectivity index (χ2n) is 3.44. The fourth-order valence-electron chi connectivity index (χ4n) is 1.16. The second kappa shape index (κ2) is 6.85. The Hall–Kier alpha value is -2.54. The summed E-state index contributed by atoms with van der Waals surface area (Å²) >= 11 is 0. The van der Waals surface area contributed by atoms with Gasteiger partial charge in [-0.3, -0.25) is 0 Å². The fourth-order valence-corrected chi connectivity index (χ4v) is 1.16. The van der Waals surface area contributed by atoms with Gasteiger partial charge in [0.15, 0.2) is 0 Å². The molecule has 0 N–H and O–H groups in total. The topological polar surface area (TPSA) is 0 Å². The highest BCUT2D eigenvalue weighted by Crippen LogP contribution is 2.08. The summed E-state index contributed by atoms with van der Waals surface area (Å²) in [5.41, 5.74) is 3.37. The third kappa shape index (κ3) is 4.67. The summed E-state index contributed by atoms with van der Waals surface area (Å²) in [6.45, 7) is 5.82. The van der Waals surface area contributed by atoms with Crippen molar-refractivity contribution in [2.75, 3.05) is 0 Å².